The molecule has 6 rings (SSSR count). The molecule has 5 aliphatic rings. The fraction of sp³-hybridized carbons (Fsp3) is 0.658. The highest BCUT2D eigenvalue weighted by Crippen LogP contribution is 2.49. The third-order valence-corrected chi connectivity index (χ3v) is 13.3. The molecule has 0 bridgehead atoms. The van der Waals surface area contributed by atoms with Gasteiger partial charge < -0.3 is 25.0 Å². The highest BCUT2D eigenvalue weighted by atomic mass is 32.2. The van der Waals surface area contributed by atoms with Crippen molar-refractivity contribution in [3.05, 3.63) is 47.3 Å². The van der Waals surface area contributed by atoms with Crippen LogP contribution in [-0.4, -0.2) is 88.7 Å². The van der Waals surface area contributed by atoms with Crippen molar-refractivity contribution in [2.24, 2.45) is 5.92 Å². The first-order valence-corrected chi connectivity index (χ1v) is 20.5. The minimum Gasteiger partial charge on any atom is -0.444 e. The Morgan fingerprint density at radius 1 is 1.09 bits per heavy atom. The third-order valence-electron chi connectivity index (χ3n) is 11.1. The van der Waals surface area contributed by atoms with Gasteiger partial charge in [-0.25, -0.2) is 22.4 Å². The molecular weight excluding hydrogens is 722 g/mol. The molecule has 3 fully saturated rings. The van der Waals surface area contributed by atoms with Gasteiger partial charge in [0.05, 0.1) is 17.8 Å². The SMILES string of the molecule is CCCC1(S(=O)(=O)NC(=O)[C@@]23C[C@@H]2/C=C\CCCCC[C@H](NC(=O)OC(C)(C)C)C(=O)N2C[C@H](OC(=O)N4Cc5cccc(F)c5C4)C[C@H]2C(=O)N3)CC1. The predicted molar refractivity (Wildman–Crippen MR) is 194 cm³/mol. The van der Waals surface area contributed by atoms with Gasteiger partial charge in [0.25, 0.3) is 5.91 Å². The summed E-state index contributed by atoms with van der Waals surface area (Å²) in [6.07, 6.45) is 6.15. The van der Waals surface area contributed by atoms with E-state index >= 15 is 0 Å². The molecule has 0 spiro atoms. The van der Waals surface area contributed by atoms with Crippen LogP contribution in [-0.2, 0) is 47.0 Å². The minimum absolute atomic E-state index is 0.00299. The number of fused-ring (bicyclic) bond motifs is 3. The maximum Gasteiger partial charge on any atom is 0.410 e. The van der Waals surface area contributed by atoms with Crippen LogP contribution in [0.25, 0.3) is 0 Å². The number of nitrogens with zero attached hydrogens (tertiary/aromatic N) is 2. The van der Waals surface area contributed by atoms with E-state index in [0.717, 1.165) is 12.8 Å². The molecule has 296 valence electrons. The molecule has 3 N–H and O–H groups in total. The lowest BCUT2D eigenvalue weighted by Crippen LogP contribution is -2.58. The lowest BCUT2D eigenvalue weighted by atomic mass is 10.0. The van der Waals surface area contributed by atoms with E-state index in [2.05, 4.69) is 15.4 Å². The summed E-state index contributed by atoms with van der Waals surface area (Å²) in [4.78, 5) is 71.5. The Morgan fingerprint density at radius 2 is 1.85 bits per heavy atom. The summed E-state index contributed by atoms with van der Waals surface area (Å²) in [7, 11) is -4.04. The van der Waals surface area contributed by atoms with Crippen LogP contribution >= 0.6 is 0 Å². The van der Waals surface area contributed by atoms with Gasteiger partial charge in [-0.15, -0.1) is 0 Å². The Labute approximate surface area is 316 Å². The summed E-state index contributed by atoms with van der Waals surface area (Å²) in [5.74, 6) is -3.06. The Morgan fingerprint density at radius 3 is 2.54 bits per heavy atom. The number of amides is 5. The number of halogens is 1. The van der Waals surface area contributed by atoms with Gasteiger partial charge in [0.15, 0.2) is 0 Å². The maximum absolute atomic E-state index is 14.4. The molecule has 0 radical (unpaired) electrons. The number of allylic oxidation sites excluding steroid dienone is 1. The molecule has 1 aromatic rings. The minimum atomic E-state index is -4.04. The molecule has 1 aromatic carbocycles. The molecule has 0 aromatic heterocycles. The molecule has 3 heterocycles. The summed E-state index contributed by atoms with van der Waals surface area (Å²) in [6.45, 7) is 6.90. The summed E-state index contributed by atoms with van der Waals surface area (Å²) in [6, 6.07) is 2.29. The van der Waals surface area contributed by atoms with Gasteiger partial charge in [-0.05, 0) is 77.3 Å². The molecule has 14 nitrogen and oxygen atoms in total. The van der Waals surface area contributed by atoms with Gasteiger partial charge in [0, 0.05) is 24.4 Å². The molecule has 2 saturated carbocycles. The molecule has 5 atom stereocenters. The van der Waals surface area contributed by atoms with Crippen LogP contribution in [0, 0.1) is 11.7 Å². The number of carbonyl (C=O) groups excluding carboxylic acids is 5. The number of benzene rings is 1. The summed E-state index contributed by atoms with van der Waals surface area (Å²) >= 11 is 0. The zero-order valence-corrected chi connectivity index (χ0v) is 32.3. The van der Waals surface area contributed by atoms with Crippen LogP contribution in [0.5, 0.6) is 0 Å². The second-order valence-corrected chi connectivity index (χ2v) is 18.5. The molecule has 0 unspecified atom stereocenters. The first kappa shape index (κ1) is 39.5. The number of alkyl carbamates (subject to hydrolysis) is 1. The van der Waals surface area contributed by atoms with Crippen molar-refractivity contribution in [3.8, 4) is 0 Å². The number of rotatable bonds is 7. The van der Waals surface area contributed by atoms with Crippen molar-refractivity contribution in [2.45, 2.75) is 145 Å². The molecular formula is C38H52FN5O9S. The van der Waals surface area contributed by atoms with Gasteiger partial charge in [0.2, 0.25) is 21.8 Å². The second-order valence-electron chi connectivity index (χ2n) is 16.4. The lowest BCUT2D eigenvalue weighted by Gasteiger charge is -2.30. The van der Waals surface area contributed by atoms with Crippen LogP contribution in [0.4, 0.5) is 14.0 Å². The molecule has 2 aliphatic carbocycles. The largest absolute Gasteiger partial charge is 0.444 e. The number of ether oxygens (including phenoxy) is 2. The van der Waals surface area contributed by atoms with Gasteiger partial charge in [-0.2, -0.15) is 0 Å². The van der Waals surface area contributed by atoms with E-state index in [1.807, 2.05) is 19.1 Å². The standard InChI is InChI=1S/C38H52FN5O9S/c1-5-16-37(17-18-37)54(50,51)42-33(47)38-20-25(38)13-9-7-6-8-10-15-29(40-34(48)53-36(2,3)4)32(46)44-22-26(19-30(44)31(45)41-38)52-35(49)43-21-24-12-11-14-28(39)27(24)23-43/h9,11-14,25-26,29-30H,5-8,10,15-23H2,1-4H3,(H,40,48)(H,41,45)(H,42,47)/b13-9-/t25-,26+,29-,30-,38+/m0/s1. The Bertz CT molecular complexity index is 1810. The first-order chi connectivity index (χ1) is 25.5. The fourth-order valence-corrected chi connectivity index (χ4v) is 9.67. The van der Waals surface area contributed by atoms with Crippen LogP contribution in [0.1, 0.15) is 109 Å². The van der Waals surface area contributed by atoms with Gasteiger partial charge in [0.1, 0.15) is 35.1 Å². The number of hydrogen-bond acceptors (Lipinski definition) is 9. The number of hydrogen-bond donors (Lipinski definition) is 3. The van der Waals surface area contributed by atoms with Crippen LogP contribution in [0.2, 0.25) is 0 Å². The first-order valence-electron chi connectivity index (χ1n) is 19.0. The predicted octanol–water partition coefficient (Wildman–Crippen LogP) is 4.31. The lowest BCUT2D eigenvalue weighted by molar-refractivity contribution is -0.141. The van der Waals surface area contributed by atoms with E-state index in [4.69, 9.17) is 9.47 Å². The quantitative estimate of drug-likeness (QED) is 0.341. The topological polar surface area (TPSA) is 181 Å². The van der Waals surface area contributed by atoms with E-state index in [9.17, 15) is 36.8 Å². The molecule has 1 saturated heterocycles. The molecule has 16 heteroatoms. The van der Waals surface area contributed by atoms with E-state index < -0.39 is 85.7 Å². The number of carbonyl (C=O) groups is 5. The van der Waals surface area contributed by atoms with Gasteiger partial charge >= 0.3 is 12.2 Å². The highest BCUT2D eigenvalue weighted by molar-refractivity contribution is 7.91. The van der Waals surface area contributed by atoms with E-state index in [1.165, 1.54) is 15.9 Å². The average Bonchev–Trinajstić information content (AvgIpc) is 3.91. The van der Waals surface area contributed by atoms with Crippen LogP contribution < -0.4 is 15.4 Å². The zero-order chi connectivity index (χ0) is 39.1. The summed E-state index contributed by atoms with van der Waals surface area (Å²) in [5.41, 5.74) is -1.38. The normalized spacial score (nSPS) is 28.6. The smallest absolute Gasteiger partial charge is 0.410 e. The second kappa shape index (κ2) is 15.1. The van der Waals surface area contributed by atoms with E-state index in [-0.39, 0.29) is 38.9 Å². The van der Waals surface area contributed by atoms with E-state index in [0.29, 0.717) is 49.7 Å². The zero-order valence-electron chi connectivity index (χ0n) is 31.5. The van der Waals surface area contributed by atoms with Crippen molar-refractivity contribution in [2.75, 3.05) is 6.54 Å². The Balaban J connectivity index is 1.26. The monoisotopic (exact) mass is 773 g/mol. The van der Waals surface area contributed by atoms with Gasteiger partial charge in [-0.1, -0.05) is 50.5 Å². The number of nitrogens with one attached hydrogen (secondary N) is 3. The van der Waals surface area contributed by atoms with Gasteiger partial charge in [-0.3, -0.25) is 24.0 Å². The average molecular weight is 774 g/mol. The molecule has 3 aliphatic heterocycles. The number of sulfonamides is 1. The van der Waals surface area contributed by atoms with E-state index in [1.54, 1.807) is 32.9 Å². The molecule has 54 heavy (non-hydrogen) atoms. The Kier molecular flexibility index (Phi) is 11.1. The molecule has 5 amide bonds. The summed E-state index contributed by atoms with van der Waals surface area (Å²) in [5, 5.41) is 5.50. The van der Waals surface area contributed by atoms with Crippen LogP contribution in [0.3, 0.4) is 0 Å². The third kappa shape index (κ3) is 8.37. The Hall–Kier alpha value is -4.21. The van der Waals surface area contributed by atoms with Crippen molar-refractivity contribution in [1.82, 2.24) is 25.2 Å². The van der Waals surface area contributed by atoms with Crippen molar-refractivity contribution >= 4 is 39.9 Å². The van der Waals surface area contributed by atoms with Crippen molar-refractivity contribution in [3.63, 3.8) is 0 Å². The fourth-order valence-electron chi connectivity index (χ4n) is 7.91. The highest BCUT2D eigenvalue weighted by Gasteiger charge is 2.63. The maximum atomic E-state index is 14.4. The van der Waals surface area contributed by atoms with Crippen LogP contribution in [0.15, 0.2) is 30.4 Å². The van der Waals surface area contributed by atoms with Crippen molar-refractivity contribution in [1.29, 1.82) is 0 Å². The van der Waals surface area contributed by atoms with Crippen molar-refractivity contribution < 1.29 is 46.3 Å². The summed E-state index contributed by atoms with van der Waals surface area (Å²) < 4.78 is 53.9.